The Hall–Kier alpha value is -5.96. The van der Waals surface area contributed by atoms with E-state index in [-0.39, 0.29) is 28.7 Å². The Bertz CT molecular complexity index is 2020. The van der Waals surface area contributed by atoms with Gasteiger partial charge in [-0.05, 0) is 41.8 Å². The number of carboxylic acid groups (broad SMARTS) is 1. The van der Waals surface area contributed by atoms with Crippen LogP contribution in [0.2, 0.25) is 0 Å². The van der Waals surface area contributed by atoms with E-state index in [0.717, 1.165) is 61.9 Å². The number of unbranched alkanes of at least 4 members (excludes halogenated alkanes) is 12. The summed E-state index contributed by atoms with van der Waals surface area (Å²) in [6, 6.07) is -0.373. The minimum absolute atomic E-state index is 0.0652. The molecule has 0 aliphatic carbocycles. The number of hydrogen-bond acceptors (Lipinski definition) is 11. The van der Waals surface area contributed by atoms with Gasteiger partial charge in [0, 0.05) is 38.1 Å². The predicted octanol–water partition coefficient (Wildman–Crippen LogP) is 3.64. The highest BCUT2D eigenvalue weighted by molar-refractivity contribution is 5.96. The van der Waals surface area contributed by atoms with Gasteiger partial charge in [-0.2, -0.15) is 13.2 Å². The molecule has 372 valence electrons. The van der Waals surface area contributed by atoms with Gasteiger partial charge in [-0.15, -0.1) is 0 Å². The molecule has 0 saturated heterocycles. The molecule has 67 heavy (non-hydrogen) atoms. The number of halogens is 3. The minimum Gasteiger partial charge on any atom is -0.507 e. The Balaban J connectivity index is 1.68. The summed E-state index contributed by atoms with van der Waals surface area (Å²) in [7, 11) is 2.37. The van der Waals surface area contributed by atoms with Crippen LogP contribution in [0.15, 0.2) is 36.4 Å². The lowest BCUT2D eigenvalue weighted by atomic mass is 9.93. The van der Waals surface area contributed by atoms with Crippen molar-refractivity contribution in [2.24, 2.45) is 5.73 Å². The number of likely N-dealkylation sites (N-methyl/N-ethyl adjacent to an activating group) is 2. The molecule has 1 aliphatic rings. The number of aliphatic hydroxyl groups excluding tert-OH is 1. The van der Waals surface area contributed by atoms with Crippen LogP contribution in [0, 0.1) is 0 Å². The standard InChI is InChI=1S/C46H66F3N7O11/c1-4-5-6-7-8-9-10-11-12-13-14-15-16-17-37(60)55(2)34(27-57)42(63)54-40(50)44(65)51-26-38(61)56(3)39-29-19-21-36(59)31(24-29)30-22-28(18-20-35(30)58)23-32(45(66)67)52-41(62)33(53-43(39)64)25-46(47,48)49/h18-22,24,32-34,39-40,57-59H,4-17,23,25-27,50H2,1-3H3,(H,51,65)(H,52,62)(H,53,64)(H,54,63)(H,66,67). The van der Waals surface area contributed by atoms with Gasteiger partial charge in [0.05, 0.1) is 19.6 Å². The van der Waals surface area contributed by atoms with Crippen LogP contribution in [0.25, 0.3) is 11.1 Å². The maximum Gasteiger partial charge on any atom is 0.391 e. The number of phenolic OH excluding ortho intramolecular Hbond substituents is 2. The zero-order valence-electron chi connectivity index (χ0n) is 38.3. The number of aliphatic hydroxyl groups is 1. The van der Waals surface area contributed by atoms with Crippen LogP contribution in [-0.2, 0) is 40.0 Å². The molecule has 10 N–H and O–H groups in total. The topological polar surface area (TPSA) is 281 Å². The third-order valence-corrected chi connectivity index (χ3v) is 11.7. The van der Waals surface area contributed by atoms with Gasteiger partial charge < -0.3 is 57.2 Å². The second-order valence-electron chi connectivity index (χ2n) is 16.9. The average molecular weight is 950 g/mol. The zero-order chi connectivity index (χ0) is 49.8. The number of hydrogen-bond donors (Lipinski definition) is 9. The molecular weight excluding hydrogens is 884 g/mol. The van der Waals surface area contributed by atoms with Crippen molar-refractivity contribution < 1.29 is 67.2 Å². The van der Waals surface area contributed by atoms with Crippen molar-refractivity contribution in [3.63, 3.8) is 0 Å². The number of benzene rings is 2. The quantitative estimate of drug-likeness (QED) is 0.0539. The van der Waals surface area contributed by atoms with E-state index in [9.17, 15) is 67.2 Å². The van der Waals surface area contributed by atoms with Crippen LogP contribution in [-0.4, -0.2) is 129 Å². The molecule has 1 aliphatic heterocycles. The molecule has 5 atom stereocenters. The monoisotopic (exact) mass is 949 g/mol. The Morgan fingerprint density at radius 1 is 0.791 bits per heavy atom. The number of carbonyl (C=O) groups is 7. The fourth-order valence-corrected chi connectivity index (χ4v) is 7.70. The first kappa shape index (κ1) is 55.4. The second kappa shape index (κ2) is 27.0. The number of alkyl halides is 3. The van der Waals surface area contributed by atoms with Crippen molar-refractivity contribution in [2.45, 2.75) is 146 Å². The highest BCUT2D eigenvalue weighted by atomic mass is 19.4. The number of nitrogens with two attached hydrogens (primary N) is 1. The van der Waals surface area contributed by atoms with E-state index in [4.69, 9.17) is 5.73 Å². The van der Waals surface area contributed by atoms with Crippen LogP contribution >= 0.6 is 0 Å². The average Bonchev–Trinajstić information content (AvgIpc) is 3.26. The summed E-state index contributed by atoms with van der Waals surface area (Å²) >= 11 is 0. The molecule has 4 bridgehead atoms. The number of amides is 6. The summed E-state index contributed by atoms with van der Waals surface area (Å²) in [6.45, 7) is 0.486. The number of carboxylic acids is 1. The van der Waals surface area contributed by atoms with Crippen molar-refractivity contribution in [2.75, 3.05) is 27.2 Å². The van der Waals surface area contributed by atoms with E-state index in [0.29, 0.717) is 11.3 Å². The maximum atomic E-state index is 14.0. The molecule has 1 heterocycles. The van der Waals surface area contributed by atoms with Gasteiger partial charge in [-0.3, -0.25) is 28.8 Å². The van der Waals surface area contributed by atoms with Crippen molar-refractivity contribution in [3.8, 4) is 22.6 Å². The first-order valence-corrected chi connectivity index (χ1v) is 22.7. The second-order valence-corrected chi connectivity index (χ2v) is 16.9. The van der Waals surface area contributed by atoms with Gasteiger partial charge in [0.15, 0.2) is 6.17 Å². The van der Waals surface area contributed by atoms with Crippen LogP contribution in [0.3, 0.4) is 0 Å². The fraction of sp³-hybridized carbons (Fsp3) is 0.587. The maximum absolute atomic E-state index is 14.0. The molecule has 18 nitrogen and oxygen atoms in total. The number of fused-ring (bicyclic) bond motifs is 5. The van der Waals surface area contributed by atoms with Crippen LogP contribution in [0.5, 0.6) is 11.5 Å². The fourth-order valence-electron chi connectivity index (χ4n) is 7.70. The molecule has 0 fully saturated rings. The van der Waals surface area contributed by atoms with Crippen molar-refractivity contribution in [3.05, 3.63) is 47.5 Å². The van der Waals surface area contributed by atoms with Gasteiger partial charge in [0.1, 0.15) is 35.7 Å². The number of aromatic hydroxyl groups is 2. The summed E-state index contributed by atoms with van der Waals surface area (Å²) in [4.78, 5) is 93.7. The molecule has 2 aromatic carbocycles. The third-order valence-electron chi connectivity index (χ3n) is 11.7. The van der Waals surface area contributed by atoms with Gasteiger partial charge >= 0.3 is 12.1 Å². The van der Waals surface area contributed by atoms with Gasteiger partial charge in [-0.1, -0.05) is 96.1 Å². The molecule has 5 unspecified atom stereocenters. The van der Waals surface area contributed by atoms with Crippen LogP contribution in [0.4, 0.5) is 13.2 Å². The van der Waals surface area contributed by atoms with Gasteiger partial charge in [-0.25, -0.2) is 4.79 Å². The van der Waals surface area contributed by atoms with E-state index >= 15 is 0 Å². The SMILES string of the molecule is CCCCCCCCCCCCCCCC(=O)N(C)C(CO)C(=O)NC(N)C(=O)NCC(=O)N(C)C1C(=O)NC(CC(F)(F)F)C(=O)NC(C(=O)O)Cc2ccc(O)c(c2)-c2cc1ccc2O. The number of rotatable bonds is 24. The van der Waals surface area contributed by atoms with Crippen molar-refractivity contribution >= 4 is 41.4 Å². The molecule has 2 aromatic rings. The van der Waals surface area contributed by atoms with Crippen molar-refractivity contribution in [1.82, 2.24) is 31.1 Å². The van der Waals surface area contributed by atoms with E-state index in [1.807, 2.05) is 10.6 Å². The lowest BCUT2D eigenvalue weighted by molar-refractivity contribution is -0.154. The van der Waals surface area contributed by atoms with E-state index in [1.165, 1.54) is 70.5 Å². The predicted molar refractivity (Wildman–Crippen MR) is 240 cm³/mol. The number of carbonyl (C=O) groups excluding carboxylic acids is 6. The molecular formula is C46H66F3N7O11. The van der Waals surface area contributed by atoms with E-state index in [1.54, 1.807) is 0 Å². The molecule has 0 spiro atoms. The number of nitrogens with one attached hydrogen (secondary N) is 4. The molecule has 3 rings (SSSR count). The lowest BCUT2D eigenvalue weighted by Gasteiger charge is -2.31. The first-order chi connectivity index (χ1) is 31.7. The first-order valence-electron chi connectivity index (χ1n) is 22.7. The Kier molecular flexibility index (Phi) is 22.3. The van der Waals surface area contributed by atoms with Gasteiger partial charge in [0.25, 0.3) is 5.91 Å². The zero-order valence-corrected chi connectivity index (χ0v) is 38.3. The molecule has 0 aromatic heterocycles. The summed E-state index contributed by atoms with van der Waals surface area (Å²) in [5.74, 6) is -8.93. The van der Waals surface area contributed by atoms with E-state index in [2.05, 4.69) is 17.6 Å². The minimum atomic E-state index is -5.05. The van der Waals surface area contributed by atoms with Crippen molar-refractivity contribution in [1.29, 1.82) is 0 Å². The normalized spacial score (nSPS) is 17.2. The number of phenols is 2. The summed E-state index contributed by atoms with van der Waals surface area (Å²) < 4.78 is 41.4. The molecule has 21 heteroatoms. The number of aliphatic carboxylic acids is 1. The highest BCUT2D eigenvalue weighted by Crippen LogP contribution is 2.39. The Morgan fingerprint density at radius 2 is 1.34 bits per heavy atom. The Morgan fingerprint density at radius 3 is 1.90 bits per heavy atom. The van der Waals surface area contributed by atoms with Crippen LogP contribution < -0.4 is 27.0 Å². The third kappa shape index (κ3) is 17.7. The summed E-state index contributed by atoms with van der Waals surface area (Å²) in [5, 5.41) is 49.8. The Labute approximate surface area is 388 Å². The van der Waals surface area contributed by atoms with Crippen LogP contribution in [0.1, 0.15) is 120 Å². The summed E-state index contributed by atoms with van der Waals surface area (Å²) in [5.41, 5.74) is 5.74. The van der Waals surface area contributed by atoms with E-state index < -0.39 is 115 Å². The molecule has 6 amide bonds. The number of nitrogens with zero attached hydrogens (tertiary/aromatic N) is 2. The summed E-state index contributed by atoms with van der Waals surface area (Å²) in [6.07, 6.45) is 5.42. The largest absolute Gasteiger partial charge is 0.507 e. The highest BCUT2D eigenvalue weighted by Gasteiger charge is 2.40. The molecule has 0 saturated carbocycles. The lowest BCUT2D eigenvalue weighted by Crippen LogP contribution is -2.59. The van der Waals surface area contributed by atoms with Gasteiger partial charge in [0.2, 0.25) is 29.5 Å². The molecule has 0 radical (unpaired) electrons. The smallest absolute Gasteiger partial charge is 0.391 e.